The van der Waals surface area contributed by atoms with E-state index in [0.717, 1.165) is 10.1 Å². The van der Waals surface area contributed by atoms with Crippen molar-refractivity contribution < 1.29 is 4.79 Å². The predicted octanol–water partition coefficient (Wildman–Crippen LogP) is 5.21. The highest BCUT2D eigenvalue weighted by Gasteiger charge is 2.18. The summed E-state index contributed by atoms with van der Waals surface area (Å²) in [5.41, 5.74) is 0.943. The molecule has 8 heteroatoms. The monoisotopic (exact) mass is 405 g/mol. The van der Waals surface area contributed by atoms with Gasteiger partial charge < -0.3 is 5.32 Å². The highest BCUT2D eigenvalue weighted by Crippen LogP contribution is 2.36. The van der Waals surface area contributed by atoms with Gasteiger partial charge in [-0.1, -0.05) is 41.4 Å². The first-order chi connectivity index (χ1) is 12.0. The molecule has 3 aromatic rings. The summed E-state index contributed by atoms with van der Waals surface area (Å²) >= 11 is 18.7. The topological polar surface area (TPSA) is 64.9 Å². The fourth-order valence-corrected chi connectivity index (χ4v) is 4.08. The Morgan fingerprint density at radius 1 is 1.20 bits per heavy atom. The van der Waals surface area contributed by atoms with Crippen LogP contribution in [-0.4, -0.2) is 11.0 Å². The van der Waals surface area contributed by atoms with E-state index in [1.54, 1.807) is 42.5 Å². The Morgan fingerprint density at radius 3 is 2.72 bits per heavy atom. The molecule has 0 saturated heterocycles. The number of thiophene rings is 1. The van der Waals surface area contributed by atoms with Crippen molar-refractivity contribution in [3.63, 3.8) is 0 Å². The van der Waals surface area contributed by atoms with Gasteiger partial charge in [-0.15, -0.1) is 11.3 Å². The Morgan fingerprint density at radius 2 is 1.96 bits per heavy atom. The largest absolute Gasteiger partial charge is 0.331 e. The fraction of sp³-hybridized carbons (Fsp3) is 0. The van der Waals surface area contributed by atoms with E-state index in [1.165, 1.54) is 11.3 Å². The van der Waals surface area contributed by atoms with Crippen molar-refractivity contribution in [1.82, 2.24) is 5.32 Å². The standard InChI is InChI=1S/C17H9Cl2N3OS2/c18-10-5-6-11-13(7-10)25-15(14(11)19)16(23)22-17(24)21-12-4-2-1-3-9(12)8-20/h1-7H,(H2,21,22,23,24). The third kappa shape index (κ3) is 3.75. The van der Waals surface area contributed by atoms with Crippen molar-refractivity contribution in [1.29, 1.82) is 5.26 Å². The maximum Gasteiger partial charge on any atom is 0.269 e. The minimum Gasteiger partial charge on any atom is -0.331 e. The molecule has 0 spiro atoms. The number of fused-ring (bicyclic) bond motifs is 1. The number of nitrogens with zero attached hydrogens (tertiary/aromatic N) is 1. The molecule has 0 aliphatic carbocycles. The molecule has 0 radical (unpaired) electrons. The van der Waals surface area contributed by atoms with E-state index in [4.69, 9.17) is 40.7 Å². The second kappa shape index (κ2) is 7.38. The molecule has 2 aromatic carbocycles. The molecule has 0 aliphatic rings. The first kappa shape index (κ1) is 17.6. The first-order valence-corrected chi connectivity index (χ1v) is 8.96. The Hall–Kier alpha value is -2.17. The number of hydrogen-bond donors (Lipinski definition) is 2. The van der Waals surface area contributed by atoms with Crippen molar-refractivity contribution in [2.75, 3.05) is 5.32 Å². The van der Waals surface area contributed by atoms with Crippen molar-refractivity contribution in [3.8, 4) is 6.07 Å². The molecule has 1 heterocycles. The minimum absolute atomic E-state index is 0.0826. The molecule has 0 fully saturated rings. The number of anilines is 1. The van der Waals surface area contributed by atoms with Crippen LogP contribution in [0.3, 0.4) is 0 Å². The Bertz CT molecular complexity index is 1040. The Kier molecular flexibility index (Phi) is 5.21. The zero-order valence-corrected chi connectivity index (χ0v) is 15.6. The highest BCUT2D eigenvalue weighted by atomic mass is 35.5. The van der Waals surface area contributed by atoms with Gasteiger partial charge >= 0.3 is 0 Å². The van der Waals surface area contributed by atoms with Crippen molar-refractivity contribution >= 4 is 73.5 Å². The van der Waals surface area contributed by atoms with Crippen LogP contribution >= 0.6 is 46.8 Å². The number of rotatable bonds is 2. The van der Waals surface area contributed by atoms with Gasteiger partial charge in [0.15, 0.2) is 5.11 Å². The van der Waals surface area contributed by atoms with Gasteiger partial charge in [0.2, 0.25) is 0 Å². The van der Waals surface area contributed by atoms with Gasteiger partial charge in [0.25, 0.3) is 5.91 Å². The van der Waals surface area contributed by atoms with Crippen molar-refractivity contribution in [2.45, 2.75) is 0 Å². The van der Waals surface area contributed by atoms with Crippen LogP contribution in [0.2, 0.25) is 10.0 Å². The van der Waals surface area contributed by atoms with E-state index in [0.29, 0.717) is 26.2 Å². The van der Waals surface area contributed by atoms with Gasteiger partial charge in [-0.25, -0.2) is 0 Å². The first-order valence-electron chi connectivity index (χ1n) is 6.98. The lowest BCUT2D eigenvalue weighted by molar-refractivity contribution is 0.0982. The number of hydrogen-bond acceptors (Lipinski definition) is 4. The summed E-state index contributed by atoms with van der Waals surface area (Å²) in [6.07, 6.45) is 0. The maximum absolute atomic E-state index is 12.5. The minimum atomic E-state index is -0.422. The zero-order valence-electron chi connectivity index (χ0n) is 12.5. The van der Waals surface area contributed by atoms with Gasteiger partial charge in [-0.2, -0.15) is 5.26 Å². The summed E-state index contributed by atoms with van der Waals surface area (Å²) in [5.74, 6) is -0.422. The molecule has 124 valence electrons. The van der Waals surface area contributed by atoms with Gasteiger partial charge in [0.1, 0.15) is 10.9 Å². The Balaban J connectivity index is 1.79. The van der Waals surface area contributed by atoms with E-state index in [2.05, 4.69) is 16.7 Å². The quantitative estimate of drug-likeness (QED) is 0.574. The Labute approximate surface area is 163 Å². The fourth-order valence-electron chi connectivity index (χ4n) is 2.19. The number of para-hydroxylation sites is 1. The van der Waals surface area contributed by atoms with E-state index < -0.39 is 5.91 Å². The van der Waals surface area contributed by atoms with E-state index >= 15 is 0 Å². The van der Waals surface area contributed by atoms with Crippen LogP contribution in [0.1, 0.15) is 15.2 Å². The highest BCUT2D eigenvalue weighted by molar-refractivity contribution is 7.80. The summed E-state index contributed by atoms with van der Waals surface area (Å²) in [6, 6.07) is 14.2. The maximum atomic E-state index is 12.5. The molecule has 0 atom stereocenters. The summed E-state index contributed by atoms with van der Waals surface area (Å²) in [5, 5.41) is 16.3. The number of benzene rings is 2. The van der Waals surface area contributed by atoms with E-state index in [9.17, 15) is 4.79 Å². The second-order valence-corrected chi connectivity index (χ2v) is 7.23. The van der Waals surface area contributed by atoms with Crippen LogP contribution < -0.4 is 10.6 Å². The number of halogens is 2. The predicted molar refractivity (Wildman–Crippen MR) is 107 cm³/mol. The lowest BCUT2D eigenvalue weighted by Gasteiger charge is -2.10. The molecule has 2 N–H and O–H groups in total. The number of carbonyl (C=O) groups excluding carboxylic acids is 1. The van der Waals surface area contributed by atoms with Gasteiger partial charge in [0, 0.05) is 15.1 Å². The SMILES string of the molecule is N#Cc1ccccc1NC(=S)NC(=O)c1sc2cc(Cl)ccc2c1Cl. The van der Waals surface area contributed by atoms with Crippen molar-refractivity contribution in [2.24, 2.45) is 0 Å². The number of amides is 1. The molecule has 3 rings (SSSR count). The van der Waals surface area contributed by atoms with Crippen LogP contribution in [0.5, 0.6) is 0 Å². The summed E-state index contributed by atoms with van der Waals surface area (Å²) in [7, 11) is 0. The molecule has 4 nitrogen and oxygen atoms in total. The number of carbonyl (C=O) groups is 1. The average molecular weight is 406 g/mol. The van der Waals surface area contributed by atoms with Crippen LogP contribution in [0.15, 0.2) is 42.5 Å². The van der Waals surface area contributed by atoms with Gasteiger partial charge in [-0.3, -0.25) is 10.1 Å². The molecular weight excluding hydrogens is 397 g/mol. The van der Waals surface area contributed by atoms with Crippen molar-refractivity contribution in [3.05, 3.63) is 63.0 Å². The smallest absolute Gasteiger partial charge is 0.269 e. The van der Waals surface area contributed by atoms with Crippen LogP contribution in [0.4, 0.5) is 5.69 Å². The molecule has 25 heavy (non-hydrogen) atoms. The number of nitrogens with one attached hydrogen (secondary N) is 2. The molecular formula is C17H9Cl2N3OS2. The third-order valence-electron chi connectivity index (χ3n) is 3.32. The van der Waals surface area contributed by atoms with Gasteiger partial charge in [0.05, 0.1) is 16.3 Å². The lowest BCUT2D eigenvalue weighted by Crippen LogP contribution is -2.34. The molecule has 0 unspecified atom stereocenters. The third-order valence-corrected chi connectivity index (χ3v) is 5.42. The molecule has 0 saturated carbocycles. The number of thiocarbonyl (C=S) groups is 1. The summed E-state index contributed by atoms with van der Waals surface area (Å²) < 4.78 is 0.816. The normalized spacial score (nSPS) is 10.3. The summed E-state index contributed by atoms with van der Waals surface area (Å²) in [6.45, 7) is 0. The average Bonchev–Trinajstić information content (AvgIpc) is 2.91. The van der Waals surface area contributed by atoms with Gasteiger partial charge in [-0.05, 0) is 36.5 Å². The van der Waals surface area contributed by atoms with Crippen LogP contribution in [-0.2, 0) is 0 Å². The molecule has 0 bridgehead atoms. The molecule has 1 amide bonds. The second-order valence-electron chi connectivity index (χ2n) is 4.95. The van der Waals surface area contributed by atoms with Crippen LogP contribution in [0.25, 0.3) is 10.1 Å². The van der Waals surface area contributed by atoms with E-state index in [-0.39, 0.29) is 5.11 Å². The molecule has 0 aliphatic heterocycles. The van der Waals surface area contributed by atoms with E-state index in [1.807, 2.05) is 0 Å². The lowest BCUT2D eigenvalue weighted by atomic mass is 10.2. The molecule has 1 aromatic heterocycles. The zero-order chi connectivity index (χ0) is 18.0. The van der Waals surface area contributed by atoms with Crippen LogP contribution in [0, 0.1) is 11.3 Å². The summed E-state index contributed by atoms with van der Waals surface area (Å²) in [4.78, 5) is 12.8. The number of nitriles is 1.